The molecule has 0 aliphatic heterocycles. The largest absolute Gasteiger partial charge is 0.352 e. The van der Waals surface area contributed by atoms with E-state index < -0.39 is 0 Å². The molecule has 1 aromatic rings. The molecule has 104 valence electrons. The predicted octanol–water partition coefficient (Wildman–Crippen LogP) is 2.12. The molecule has 5 heteroatoms. The van der Waals surface area contributed by atoms with E-state index in [1.165, 1.54) is 22.7 Å². The second-order valence-corrected chi connectivity index (χ2v) is 6.27. The minimum atomic E-state index is -0.0926. The van der Waals surface area contributed by atoms with Crippen LogP contribution in [0.5, 0.6) is 0 Å². The molecule has 1 saturated carbocycles. The normalized spacial score (nSPS) is 22.2. The first-order chi connectivity index (χ1) is 9.06. The molecule has 2 amide bonds. The first kappa shape index (κ1) is 14.1. The van der Waals surface area contributed by atoms with E-state index in [1.807, 2.05) is 11.4 Å². The lowest BCUT2D eigenvalue weighted by Gasteiger charge is -2.18. The highest BCUT2D eigenvalue weighted by Gasteiger charge is 2.23. The highest BCUT2D eigenvalue weighted by Crippen LogP contribution is 2.24. The van der Waals surface area contributed by atoms with Gasteiger partial charge < -0.3 is 10.2 Å². The molecule has 1 fully saturated rings. The molecule has 1 aliphatic carbocycles. The molecule has 2 rings (SSSR count). The summed E-state index contributed by atoms with van der Waals surface area (Å²) >= 11 is 1.40. The Kier molecular flexibility index (Phi) is 4.58. The van der Waals surface area contributed by atoms with Crippen LogP contribution in [0.2, 0.25) is 0 Å². The molecule has 19 heavy (non-hydrogen) atoms. The van der Waals surface area contributed by atoms with Crippen LogP contribution in [0.1, 0.15) is 35.9 Å². The molecule has 1 aliphatic rings. The summed E-state index contributed by atoms with van der Waals surface area (Å²) in [6.45, 7) is 2.33. The van der Waals surface area contributed by atoms with Crippen molar-refractivity contribution in [1.29, 1.82) is 0 Å². The number of nitrogens with one attached hydrogen (secondary N) is 1. The Morgan fingerprint density at radius 3 is 2.84 bits per heavy atom. The number of amides is 2. The molecule has 0 spiro atoms. The summed E-state index contributed by atoms with van der Waals surface area (Å²) in [5.74, 6) is 0.534. The van der Waals surface area contributed by atoms with Gasteiger partial charge in [0.15, 0.2) is 0 Å². The van der Waals surface area contributed by atoms with Gasteiger partial charge in [-0.3, -0.25) is 9.59 Å². The van der Waals surface area contributed by atoms with Crippen molar-refractivity contribution in [3.05, 3.63) is 22.4 Å². The molecule has 0 aromatic carbocycles. The van der Waals surface area contributed by atoms with E-state index >= 15 is 0 Å². The molecule has 0 bridgehead atoms. The van der Waals surface area contributed by atoms with Crippen molar-refractivity contribution in [1.82, 2.24) is 10.2 Å². The Labute approximate surface area is 117 Å². The van der Waals surface area contributed by atoms with E-state index in [1.54, 1.807) is 13.1 Å². The van der Waals surface area contributed by atoms with Gasteiger partial charge in [0.1, 0.15) is 0 Å². The van der Waals surface area contributed by atoms with Crippen LogP contribution in [-0.2, 0) is 4.79 Å². The highest BCUT2D eigenvalue weighted by atomic mass is 32.1. The van der Waals surface area contributed by atoms with Crippen LogP contribution in [0.25, 0.3) is 0 Å². The van der Waals surface area contributed by atoms with Gasteiger partial charge in [-0.15, -0.1) is 11.3 Å². The molecule has 2 unspecified atom stereocenters. The lowest BCUT2D eigenvalue weighted by molar-refractivity contribution is -0.122. The smallest absolute Gasteiger partial charge is 0.264 e. The number of rotatable bonds is 4. The Morgan fingerprint density at radius 1 is 1.47 bits per heavy atom. The zero-order valence-electron chi connectivity index (χ0n) is 11.4. The third-order valence-corrected chi connectivity index (χ3v) is 4.38. The van der Waals surface area contributed by atoms with Crippen LogP contribution < -0.4 is 5.32 Å². The molecule has 4 nitrogen and oxygen atoms in total. The summed E-state index contributed by atoms with van der Waals surface area (Å²) in [5.41, 5.74) is 0. The Morgan fingerprint density at radius 2 is 2.26 bits per heavy atom. The van der Waals surface area contributed by atoms with Gasteiger partial charge >= 0.3 is 0 Å². The topological polar surface area (TPSA) is 49.4 Å². The average molecular weight is 280 g/mol. The number of hydrogen-bond donors (Lipinski definition) is 1. The fourth-order valence-electron chi connectivity index (χ4n) is 2.49. The number of hydrogen-bond acceptors (Lipinski definition) is 3. The average Bonchev–Trinajstić information content (AvgIpc) is 2.99. The second-order valence-electron chi connectivity index (χ2n) is 5.32. The van der Waals surface area contributed by atoms with Gasteiger partial charge in [-0.2, -0.15) is 0 Å². The van der Waals surface area contributed by atoms with Gasteiger partial charge in [0.05, 0.1) is 11.4 Å². The van der Waals surface area contributed by atoms with Gasteiger partial charge in [0, 0.05) is 13.1 Å². The summed E-state index contributed by atoms with van der Waals surface area (Å²) in [6.07, 6.45) is 3.28. The molecular weight excluding hydrogens is 260 g/mol. The number of likely N-dealkylation sites (N-methyl/N-ethyl adjacent to an activating group) is 1. The quantitative estimate of drug-likeness (QED) is 0.918. The zero-order valence-corrected chi connectivity index (χ0v) is 12.2. The third kappa shape index (κ3) is 3.80. The fraction of sp³-hybridized carbons (Fsp3) is 0.571. The van der Waals surface area contributed by atoms with Crippen molar-refractivity contribution >= 4 is 23.2 Å². The summed E-state index contributed by atoms with van der Waals surface area (Å²) in [6, 6.07) is 3.90. The van der Waals surface area contributed by atoms with Crippen molar-refractivity contribution in [2.75, 3.05) is 13.6 Å². The van der Waals surface area contributed by atoms with E-state index in [2.05, 4.69) is 12.2 Å². The van der Waals surface area contributed by atoms with Crippen molar-refractivity contribution in [2.24, 2.45) is 5.92 Å². The van der Waals surface area contributed by atoms with Crippen LogP contribution in [0.4, 0.5) is 0 Å². The standard InChI is InChI=1S/C14H20N2O2S/c1-10-5-6-11(8-10)15-13(17)9-16(2)14(18)12-4-3-7-19-12/h3-4,7,10-11H,5-6,8-9H2,1-2H3,(H,15,17). The van der Waals surface area contributed by atoms with Crippen molar-refractivity contribution in [3.8, 4) is 0 Å². The van der Waals surface area contributed by atoms with Crippen LogP contribution in [0.3, 0.4) is 0 Å². The van der Waals surface area contributed by atoms with Crippen LogP contribution in [0.15, 0.2) is 17.5 Å². The van der Waals surface area contributed by atoms with Crippen LogP contribution >= 0.6 is 11.3 Å². The monoisotopic (exact) mass is 280 g/mol. The zero-order chi connectivity index (χ0) is 13.8. The van der Waals surface area contributed by atoms with Crippen molar-refractivity contribution in [2.45, 2.75) is 32.2 Å². The Bertz CT molecular complexity index is 444. The van der Waals surface area contributed by atoms with E-state index in [0.717, 1.165) is 12.8 Å². The first-order valence-electron chi connectivity index (χ1n) is 6.64. The minimum Gasteiger partial charge on any atom is -0.352 e. The summed E-state index contributed by atoms with van der Waals surface area (Å²) < 4.78 is 0. The number of carbonyl (C=O) groups is 2. The summed E-state index contributed by atoms with van der Waals surface area (Å²) in [5, 5.41) is 4.87. The van der Waals surface area contributed by atoms with Gasteiger partial charge in [0.25, 0.3) is 5.91 Å². The first-order valence-corrected chi connectivity index (χ1v) is 7.52. The number of thiophene rings is 1. The highest BCUT2D eigenvalue weighted by molar-refractivity contribution is 7.12. The lowest BCUT2D eigenvalue weighted by Crippen LogP contribution is -2.41. The van der Waals surface area contributed by atoms with Gasteiger partial charge in [-0.05, 0) is 36.6 Å². The fourth-order valence-corrected chi connectivity index (χ4v) is 3.20. The number of nitrogens with zero attached hydrogens (tertiary/aromatic N) is 1. The molecular formula is C14H20N2O2S. The van der Waals surface area contributed by atoms with E-state index in [4.69, 9.17) is 0 Å². The summed E-state index contributed by atoms with van der Waals surface area (Å²) in [4.78, 5) is 26.0. The SMILES string of the molecule is CC1CCC(NC(=O)CN(C)C(=O)c2cccs2)C1. The maximum atomic E-state index is 12.0. The lowest BCUT2D eigenvalue weighted by atomic mass is 10.1. The summed E-state index contributed by atoms with van der Waals surface area (Å²) in [7, 11) is 1.67. The van der Waals surface area contributed by atoms with E-state index in [9.17, 15) is 9.59 Å². The van der Waals surface area contributed by atoms with Crippen LogP contribution in [-0.4, -0.2) is 36.3 Å². The third-order valence-electron chi connectivity index (χ3n) is 3.52. The minimum absolute atomic E-state index is 0.0634. The van der Waals surface area contributed by atoms with Gasteiger partial charge in [0.2, 0.25) is 5.91 Å². The predicted molar refractivity (Wildman–Crippen MR) is 76.2 cm³/mol. The molecule has 1 aromatic heterocycles. The molecule has 0 radical (unpaired) electrons. The Balaban J connectivity index is 1.80. The van der Waals surface area contributed by atoms with Crippen molar-refractivity contribution < 1.29 is 9.59 Å². The maximum absolute atomic E-state index is 12.0. The molecule has 1 heterocycles. The van der Waals surface area contributed by atoms with Gasteiger partial charge in [-0.25, -0.2) is 0 Å². The van der Waals surface area contributed by atoms with E-state index in [0.29, 0.717) is 10.8 Å². The van der Waals surface area contributed by atoms with Crippen molar-refractivity contribution in [3.63, 3.8) is 0 Å². The molecule has 2 atom stereocenters. The maximum Gasteiger partial charge on any atom is 0.264 e. The number of carbonyl (C=O) groups excluding carboxylic acids is 2. The van der Waals surface area contributed by atoms with E-state index in [-0.39, 0.29) is 24.4 Å². The second kappa shape index (κ2) is 6.19. The van der Waals surface area contributed by atoms with Gasteiger partial charge in [-0.1, -0.05) is 13.0 Å². The molecule has 1 N–H and O–H groups in total. The molecule has 0 saturated heterocycles. The van der Waals surface area contributed by atoms with Crippen LogP contribution in [0, 0.1) is 5.92 Å². The Hall–Kier alpha value is -1.36.